The average Bonchev–Trinajstić information content (AvgIpc) is 2.31. The van der Waals surface area contributed by atoms with Gasteiger partial charge in [0.05, 0.1) is 0 Å². The van der Waals surface area contributed by atoms with E-state index in [1.165, 1.54) is 44.9 Å². The van der Waals surface area contributed by atoms with E-state index in [9.17, 15) is 4.79 Å². The van der Waals surface area contributed by atoms with Crippen LogP contribution in [-0.4, -0.2) is 5.78 Å². The quantitative estimate of drug-likeness (QED) is 0.354. The van der Waals surface area contributed by atoms with Gasteiger partial charge in [0.25, 0.3) is 0 Å². The zero-order chi connectivity index (χ0) is 12.1. The molecule has 0 aliphatic carbocycles. The Kier molecular flexibility index (Phi) is 12.0. The van der Waals surface area contributed by atoms with E-state index in [2.05, 4.69) is 19.1 Å². The van der Waals surface area contributed by atoms with Crippen LogP contribution in [0.25, 0.3) is 0 Å². The third kappa shape index (κ3) is 11.5. The molecule has 0 amide bonds. The lowest BCUT2D eigenvalue weighted by Gasteiger charge is -1.98. The molecule has 1 heteroatoms. The third-order valence-corrected chi connectivity index (χ3v) is 2.86. The van der Waals surface area contributed by atoms with Crippen LogP contribution in [0.15, 0.2) is 12.2 Å². The fourth-order valence-corrected chi connectivity index (χ4v) is 1.67. The first-order valence-corrected chi connectivity index (χ1v) is 6.98. The number of ketones is 1. The zero-order valence-corrected chi connectivity index (χ0v) is 11.1. The normalized spacial score (nSPS) is 11.1. The molecule has 0 rings (SSSR count). The summed E-state index contributed by atoms with van der Waals surface area (Å²) in [6.07, 6.45) is 16.0. The Morgan fingerprint density at radius 2 is 1.50 bits per heavy atom. The molecule has 0 aliphatic rings. The van der Waals surface area contributed by atoms with Crippen molar-refractivity contribution in [1.82, 2.24) is 0 Å². The second-order valence-electron chi connectivity index (χ2n) is 4.46. The molecule has 0 aromatic rings. The molecule has 0 aliphatic heterocycles. The van der Waals surface area contributed by atoms with E-state index in [-0.39, 0.29) is 0 Å². The molecule has 0 N–H and O–H groups in total. The Hall–Kier alpha value is -0.590. The zero-order valence-electron chi connectivity index (χ0n) is 11.1. The highest BCUT2D eigenvalue weighted by Gasteiger charge is 1.96. The van der Waals surface area contributed by atoms with E-state index in [4.69, 9.17) is 0 Å². The summed E-state index contributed by atoms with van der Waals surface area (Å²) in [7, 11) is 0. The molecule has 0 aromatic carbocycles. The molecule has 0 bridgehead atoms. The van der Waals surface area contributed by atoms with Crippen molar-refractivity contribution in [3.8, 4) is 0 Å². The summed E-state index contributed by atoms with van der Waals surface area (Å²) >= 11 is 0. The molecule has 0 aromatic heterocycles. The van der Waals surface area contributed by atoms with Gasteiger partial charge in [-0.25, -0.2) is 0 Å². The summed E-state index contributed by atoms with van der Waals surface area (Å²) in [6.45, 7) is 4.18. The Bertz CT molecular complexity index is 182. The summed E-state index contributed by atoms with van der Waals surface area (Å²) in [6, 6.07) is 0. The highest BCUT2D eigenvalue weighted by molar-refractivity contribution is 5.77. The highest BCUT2D eigenvalue weighted by Crippen LogP contribution is 2.07. The Labute approximate surface area is 101 Å². The van der Waals surface area contributed by atoms with Crippen LogP contribution in [0.3, 0.4) is 0 Å². The molecule has 1 nitrogen and oxygen atoms in total. The predicted molar refractivity (Wildman–Crippen MR) is 71.7 cm³/mol. The van der Waals surface area contributed by atoms with Crippen molar-refractivity contribution in [2.75, 3.05) is 0 Å². The van der Waals surface area contributed by atoms with Crippen molar-refractivity contribution >= 4 is 5.78 Å². The molecule has 16 heavy (non-hydrogen) atoms. The number of rotatable bonds is 11. The molecular weight excluding hydrogens is 196 g/mol. The van der Waals surface area contributed by atoms with Gasteiger partial charge in [-0.2, -0.15) is 0 Å². The first-order chi connectivity index (χ1) is 7.81. The second kappa shape index (κ2) is 12.5. The molecule has 0 fully saturated rings. The molecule has 0 radical (unpaired) electrons. The molecular formula is C15H28O. The van der Waals surface area contributed by atoms with Gasteiger partial charge in [0.1, 0.15) is 5.78 Å². The smallest absolute Gasteiger partial charge is 0.132 e. The number of hydrogen-bond donors (Lipinski definition) is 0. The Balaban J connectivity index is 3.09. The van der Waals surface area contributed by atoms with E-state index >= 15 is 0 Å². The van der Waals surface area contributed by atoms with E-state index in [0.29, 0.717) is 12.2 Å². The standard InChI is InChI=1S/C15H28O/c1-3-5-6-7-8-9-10-11-12-13-14-15(16)4-2/h7-8H,3-6,9-14H2,1-2H3. The van der Waals surface area contributed by atoms with Crippen LogP contribution in [0.1, 0.15) is 78.1 Å². The van der Waals surface area contributed by atoms with Gasteiger partial charge < -0.3 is 0 Å². The maximum atomic E-state index is 11.0. The van der Waals surface area contributed by atoms with Crippen LogP contribution in [-0.2, 0) is 4.79 Å². The van der Waals surface area contributed by atoms with Crippen LogP contribution in [0.2, 0.25) is 0 Å². The first-order valence-electron chi connectivity index (χ1n) is 6.98. The van der Waals surface area contributed by atoms with Gasteiger partial charge in [0, 0.05) is 12.8 Å². The minimum atomic E-state index is 0.416. The van der Waals surface area contributed by atoms with Crippen LogP contribution < -0.4 is 0 Å². The summed E-state index contributed by atoms with van der Waals surface area (Å²) < 4.78 is 0. The molecule has 0 saturated heterocycles. The van der Waals surface area contributed by atoms with Crippen molar-refractivity contribution in [3.63, 3.8) is 0 Å². The predicted octanol–water partition coefficient (Wildman–Crippen LogP) is 5.05. The maximum absolute atomic E-state index is 11.0. The second-order valence-corrected chi connectivity index (χ2v) is 4.46. The summed E-state index contributed by atoms with van der Waals surface area (Å²) in [5.74, 6) is 0.416. The van der Waals surface area contributed by atoms with Crippen LogP contribution >= 0.6 is 0 Å². The van der Waals surface area contributed by atoms with Crippen LogP contribution in [0.4, 0.5) is 0 Å². The van der Waals surface area contributed by atoms with Gasteiger partial charge in [0.15, 0.2) is 0 Å². The fraction of sp³-hybridized carbons (Fsp3) is 0.800. The molecule has 0 unspecified atom stereocenters. The van der Waals surface area contributed by atoms with Crippen molar-refractivity contribution in [1.29, 1.82) is 0 Å². The van der Waals surface area contributed by atoms with E-state index in [1.54, 1.807) is 0 Å². The summed E-state index contributed by atoms with van der Waals surface area (Å²) in [4.78, 5) is 11.0. The van der Waals surface area contributed by atoms with Crippen molar-refractivity contribution in [2.24, 2.45) is 0 Å². The summed E-state index contributed by atoms with van der Waals surface area (Å²) in [5, 5.41) is 0. The molecule has 0 spiro atoms. The largest absolute Gasteiger partial charge is 0.300 e. The molecule has 0 atom stereocenters. The van der Waals surface area contributed by atoms with Crippen molar-refractivity contribution in [2.45, 2.75) is 78.1 Å². The van der Waals surface area contributed by atoms with Crippen LogP contribution in [0.5, 0.6) is 0 Å². The fourth-order valence-electron chi connectivity index (χ4n) is 1.67. The highest BCUT2D eigenvalue weighted by atomic mass is 16.1. The minimum Gasteiger partial charge on any atom is -0.300 e. The van der Waals surface area contributed by atoms with Crippen molar-refractivity contribution in [3.05, 3.63) is 12.2 Å². The van der Waals surface area contributed by atoms with Crippen LogP contribution in [0, 0.1) is 0 Å². The lowest BCUT2D eigenvalue weighted by Crippen LogP contribution is -1.93. The first kappa shape index (κ1) is 15.4. The molecule has 0 heterocycles. The summed E-state index contributed by atoms with van der Waals surface area (Å²) in [5.41, 5.74) is 0. The Morgan fingerprint density at radius 3 is 2.12 bits per heavy atom. The monoisotopic (exact) mass is 224 g/mol. The number of allylic oxidation sites excluding steroid dienone is 2. The van der Waals surface area contributed by atoms with Gasteiger partial charge in [-0.15, -0.1) is 0 Å². The van der Waals surface area contributed by atoms with E-state index in [1.807, 2.05) is 6.92 Å². The SMILES string of the molecule is CCCCC=CCCCCCCC(=O)CC. The maximum Gasteiger partial charge on any atom is 0.132 e. The minimum absolute atomic E-state index is 0.416. The van der Waals surface area contributed by atoms with E-state index in [0.717, 1.165) is 12.8 Å². The number of hydrogen-bond acceptors (Lipinski definition) is 1. The number of carbonyl (C=O) groups excluding carboxylic acids is 1. The van der Waals surface area contributed by atoms with Gasteiger partial charge in [-0.3, -0.25) is 4.79 Å². The van der Waals surface area contributed by atoms with Crippen molar-refractivity contribution < 1.29 is 4.79 Å². The lowest BCUT2D eigenvalue weighted by atomic mass is 10.1. The number of Topliss-reactive ketones (excluding diaryl/α,β-unsaturated/α-hetero) is 1. The van der Waals surface area contributed by atoms with Gasteiger partial charge in [0.2, 0.25) is 0 Å². The van der Waals surface area contributed by atoms with E-state index < -0.39 is 0 Å². The van der Waals surface area contributed by atoms with Gasteiger partial charge >= 0.3 is 0 Å². The number of unbranched alkanes of at least 4 members (excludes halogenated alkanes) is 6. The molecule has 94 valence electrons. The van der Waals surface area contributed by atoms with Gasteiger partial charge in [-0.05, 0) is 25.7 Å². The topological polar surface area (TPSA) is 17.1 Å². The number of carbonyl (C=O) groups is 1. The molecule has 0 saturated carbocycles. The third-order valence-electron chi connectivity index (χ3n) is 2.86. The Morgan fingerprint density at radius 1 is 0.875 bits per heavy atom. The van der Waals surface area contributed by atoms with Gasteiger partial charge in [-0.1, -0.05) is 51.7 Å². The average molecular weight is 224 g/mol. The lowest BCUT2D eigenvalue weighted by molar-refractivity contribution is -0.118.